The minimum Gasteiger partial charge on any atom is -0.507 e. The number of phenols is 1. The molecule has 3 aromatic rings. The van der Waals surface area contributed by atoms with E-state index in [2.05, 4.69) is 31.6 Å². The smallest absolute Gasteiger partial charge is 0.154 e. The Morgan fingerprint density at radius 2 is 1.90 bits per heavy atom. The summed E-state index contributed by atoms with van der Waals surface area (Å²) in [5.74, 6) is 1.26. The minimum atomic E-state index is 0.219. The normalized spacial score (nSPS) is 24.9. The van der Waals surface area contributed by atoms with Crippen molar-refractivity contribution in [1.29, 1.82) is 0 Å². The van der Waals surface area contributed by atoms with Crippen molar-refractivity contribution in [1.82, 2.24) is 25.3 Å². The molecule has 2 bridgehead atoms. The summed E-state index contributed by atoms with van der Waals surface area (Å²) < 4.78 is 1.76. The second-order valence-electron chi connectivity index (χ2n) is 9.27. The molecule has 1 aromatic carbocycles. The summed E-state index contributed by atoms with van der Waals surface area (Å²) in [6.45, 7) is 1.02. The molecule has 0 aliphatic carbocycles. The van der Waals surface area contributed by atoms with Gasteiger partial charge < -0.3 is 15.3 Å². The Bertz CT molecular complexity index is 1110. The average molecular weight is 417 g/mol. The largest absolute Gasteiger partial charge is 0.507 e. The monoisotopic (exact) mass is 416 g/mol. The number of benzene rings is 1. The summed E-state index contributed by atoms with van der Waals surface area (Å²) in [6, 6.07) is 9.69. The summed E-state index contributed by atoms with van der Waals surface area (Å²) in [5, 5.41) is 27.9. The van der Waals surface area contributed by atoms with Crippen LogP contribution >= 0.6 is 0 Å². The molecule has 0 radical (unpaired) electrons. The summed E-state index contributed by atoms with van der Waals surface area (Å²) >= 11 is 0. The van der Waals surface area contributed by atoms with Gasteiger partial charge in [-0.3, -0.25) is 4.68 Å². The lowest BCUT2D eigenvalue weighted by atomic mass is 9.83. The molecule has 160 valence electrons. The van der Waals surface area contributed by atoms with Crippen LogP contribution in [0.2, 0.25) is 0 Å². The van der Waals surface area contributed by atoms with E-state index in [4.69, 9.17) is 0 Å². The molecule has 0 amide bonds. The van der Waals surface area contributed by atoms with Crippen LogP contribution in [0.4, 0.5) is 5.82 Å². The number of piperidine rings is 2. The molecule has 3 aliphatic heterocycles. The molecule has 0 saturated carbocycles. The fourth-order valence-corrected chi connectivity index (χ4v) is 5.67. The Morgan fingerprint density at radius 3 is 2.65 bits per heavy atom. The van der Waals surface area contributed by atoms with E-state index in [1.54, 1.807) is 16.9 Å². The number of nitrogens with zero attached hydrogens (tertiary/aromatic N) is 5. The first-order valence-corrected chi connectivity index (χ1v) is 11.4. The van der Waals surface area contributed by atoms with Gasteiger partial charge in [-0.1, -0.05) is 12.5 Å². The van der Waals surface area contributed by atoms with Crippen LogP contribution in [-0.4, -0.2) is 49.8 Å². The van der Waals surface area contributed by atoms with Crippen molar-refractivity contribution < 1.29 is 5.11 Å². The first kappa shape index (κ1) is 18.8. The van der Waals surface area contributed by atoms with Gasteiger partial charge in [0.15, 0.2) is 5.82 Å². The van der Waals surface area contributed by atoms with Crippen molar-refractivity contribution in [2.24, 2.45) is 7.05 Å². The molecule has 31 heavy (non-hydrogen) atoms. The Labute approximate surface area is 182 Å². The van der Waals surface area contributed by atoms with Crippen LogP contribution in [0.15, 0.2) is 36.7 Å². The molecule has 2 N–H and O–H groups in total. The molecular weight excluding hydrogens is 388 g/mol. The molecule has 7 nitrogen and oxygen atoms in total. The zero-order valence-corrected chi connectivity index (χ0v) is 17.8. The van der Waals surface area contributed by atoms with Crippen LogP contribution in [0.1, 0.15) is 37.7 Å². The van der Waals surface area contributed by atoms with Gasteiger partial charge in [-0.25, -0.2) is 0 Å². The van der Waals surface area contributed by atoms with Gasteiger partial charge in [0.1, 0.15) is 5.75 Å². The maximum atomic E-state index is 10.7. The maximum Gasteiger partial charge on any atom is 0.154 e. The number of rotatable bonds is 3. The number of phenolic OH excluding ortho intramolecular Hbond substituents is 1. The quantitative estimate of drug-likeness (QED) is 0.682. The third-order valence-corrected chi connectivity index (χ3v) is 7.19. The van der Waals surface area contributed by atoms with Crippen molar-refractivity contribution in [2.75, 3.05) is 11.4 Å². The van der Waals surface area contributed by atoms with E-state index >= 15 is 0 Å². The Hall–Kier alpha value is -2.93. The van der Waals surface area contributed by atoms with E-state index in [9.17, 15) is 5.11 Å². The van der Waals surface area contributed by atoms with E-state index in [-0.39, 0.29) is 5.75 Å². The van der Waals surface area contributed by atoms with Gasteiger partial charge in [-0.05, 0) is 55.9 Å². The van der Waals surface area contributed by atoms with E-state index in [0.29, 0.717) is 18.1 Å². The first-order valence-electron chi connectivity index (χ1n) is 11.4. The number of anilines is 1. The predicted molar refractivity (Wildman–Crippen MR) is 120 cm³/mol. The fourth-order valence-electron chi connectivity index (χ4n) is 5.67. The third kappa shape index (κ3) is 3.37. The summed E-state index contributed by atoms with van der Waals surface area (Å²) in [5.41, 5.74) is 4.61. The van der Waals surface area contributed by atoms with Crippen molar-refractivity contribution >= 4 is 5.82 Å². The second-order valence-corrected chi connectivity index (χ2v) is 9.27. The topological polar surface area (TPSA) is 79.1 Å². The van der Waals surface area contributed by atoms with Crippen LogP contribution in [0.25, 0.3) is 22.4 Å². The highest BCUT2D eigenvalue weighted by Gasteiger charge is 2.37. The van der Waals surface area contributed by atoms with Gasteiger partial charge in [0.2, 0.25) is 0 Å². The van der Waals surface area contributed by atoms with E-state index in [0.717, 1.165) is 41.2 Å². The molecule has 2 aromatic heterocycles. The van der Waals surface area contributed by atoms with Crippen LogP contribution in [-0.2, 0) is 13.5 Å². The predicted octanol–water partition coefficient (Wildman–Crippen LogP) is 3.29. The van der Waals surface area contributed by atoms with Crippen LogP contribution in [0, 0.1) is 0 Å². The number of nitrogens with one attached hydrogen (secondary N) is 1. The van der Waals surface area contributed by atoms with Gasteiger partial charge in [0.05, 0.1) is 11.9 Å². The Balaban J connectivity index is 1.26. The summed E-state index contributed by atoms with van der Waals surface area (Å²) in [4.78, 5) is 2.49. The van der Waals surface area contributed by atoms with Gasteiger partial charge in [-0.2, -0.15) is 5.10 Å². The van der Waals surface area contributed by atoms with E-state index < -0.39 is 0 Å². The zero-order chi connectivity index (χ0) is 20.9. The van der Waals surface area contributed by atoms with Crippen LogP contribution < -0.4 is 10.2 Å². The first-order chi connectivity index (χ1) is 15.1. The fraction of sp³-hybridized carbons (Fsp3) is 0.458. The molecule has 2 saturated heterocycles. The molecule has 6 rings (SSSR count). The molecule has 7 heteroatoms. The number of aromatic nitrogens is 4. The molecular formula is C24H28N6O. The molecule has 2 fully saturated rings. The van der Waals surface area contributed by atoms with Crippen molar-refractivity contribution in [3.05, 3.63) is 42.2 Å². The van der Waals surface area contributed by atoms with Gasteiger partial charge in [0, 0.05) is 54.6 Å². The standard InChI is InChI=1S/C24H28N6O/c1-29-14-17(13-25-29)15-5-6-21(23(31)10-15)22-9-16-7-8-30(24(16)28-27-22)20-11-18-3-2-4-19(12-20)26-18/h5-6,9-10,13-14,18-20,26,31H,2-4,7-8,11-12H2,1H3/t18-,19+,20-. The highest BCUT2D eigenvalue weighted by molar-refractivity contribution is 5.74. The second kappa shape index (κ2) is 7.34. The molecule has 0 unspecified atom stereocenters. The minimum absolute atomic E-state index is 0.219. The number of aromatic hydroxyl groups is 1. The Morgan fingerprint density at radius 1 is 1.06 bits per heavy atom. The number of aryl methyl sites for hydroxylation is 1. The van der Waals surface area contributed by atoms with E-state index in [1.807, 2.05) is 25.4 Å². The van der Waals surface area contributed by atoms with Gasteiger partial charge in [0.25, 0.3) is 0 Å². The SMILES string of the molecule is Cn1cc(-c2ccc(-c3cc4c(nn3)N([C@@H]3C[C@H]5CCC[C@@H](C3)N5)CC4)c(O)c2)cn1. The molecule has 3 aliphatic rings. The molecule has 3 atom stereocenters. The lowest BCUT2D eigenvalue weighted by Crippen LogP contribution is -2.54. The van der Waals surface area contributed by atoms with Gasteiger partial charge >= 0.3 is 0 Å². The summed E-state index contributed by atoms with van der Waals surface area (Å²) in [6.07, 6.45) is 11.1. The summed E-state index contributed by atoms with van der Waals surface area (Å²) in [7, 11) is 1.89. The highest BCUT2D eigenvalue weighted by Crippen LogP contribution is 2.37. The van der Waals surface area contributed by atoms with E-state index in [1.165, 1.54) is 37.7 Å². The van der Waals surface area contributed by atoms with Crippen molar-refractivity contribution in [3.8, 4) is 28.1 Å². The van der Waals surface area contributed by atoms with Crippen molar-refractivity contribution in [3.63, 3.8) is 0 Å². The Kier molecular flexibility index (Phi) is 4.45. The van der Waals surface area contributed by atoms with Crippen LogP contribution in [0.3, 0.4) is 0 Å². The molecule has 5 heterocycles. The lowest BCUT2D eigenvalue weighted by molar-refractivity contribution is 0.217. The van der Waals surface area contributed by atoms with Crippen molar-refractivity contribution in [2.45, 2.75) is 56.7 Å². The number of hydrogen-bond donors (Lipinski definition) is 2. The third-order valence-electron chi connectivity index (χ3n) is 7.19. The molecule has 0 spiro atoms. The average Bonchev–Trinajstić information content (AvgIpc) is 3.39. The maximum absolute atomic E-state index is 10.7. The number of hydrogen-bond acceptors (Lipinski definition) is 6. The lowest BCUT2D eigenvalue weighted by Gasteiger charge is -2.44. The zero-order valence-electron chi connectivity index (χ0n) is 17.8. The van der Waals surface area contributed by atoms with Crippen LogP contribution in [0.5, 0.6) is 5.75 Å². The number of fused-ring (bicyclic) bond motifs is 3. The van der Waals surface area contributed by atoms with Gasteiger partial charge in [-0.15, -0.1) is 10.2 Å². The highest BCUT2D eigenvalue weighted by atomic mass is 16.3.